The number of aliphatic hydroxyl groups excluding tert-OH is 1. The van der Waals surface area contributed by atoms with Gasteiger partial charge in [0, 0.05) is 12.5 Å². The van der Waals surface area contributed by atoms with E-state index in [1.165, 1.54) is 90.6 Å². The van der Waals surface area contributed by atoms with Crippen LogP contribution >= 0.6 is 0 Å². The van der Waals surface area contributed by atoms with Crippen LogP contribution in [-0.4, -0.2) is 37.4 Å². The Morgan fingerprint density at radius 1 is 0.793 bits per heavy atom. The van der Waals surface area contributed by atoms with Crippen molar-refractivity contribution in [3.05, 3.63) is 12.7 Å². The molecular formula is C24H46O5. The molecule has 0 heterocycles. The Labute approximate surface area is 179 Å². The summed E-state index contributed by atoms with van der Waals surface area (Å²) in [6.45, 7) is 5.49. The van der Waals surface area contributed by atoms with E-state index in [0.717, 1.165) is 18.9 Å². The van der Waals surface area contributed by atoms with Crippen LogP contribution in [0.3, 0.4) is 0 Å². The predicted octanol–water partition coefficient (Wildman–Crippen LogP) is 6.13. The Morgan fingerprint density at radius 2 is 1.21 bits per heavy atom. The number of carbonyl (C=O) groups excluding carboxylic acids is 2. The van der Waals surface area contributed by atoms with Gasteiger partial charge in [-0.05, 0) is 6.42 Å². The van der Waals surface area contributed by atoms with Crippen LogP contribution in [-0.2, 0) is 19.1 Å². The van der Waals surface area contributed by atoms with Crippen molar-refractivity contribution in [3.63, 3.8) is 0 Å². The number of carbonyl (C=O) groups is 2. The van der Waals surface area contributed by atoms with Crippen molar-refractivity contribution in [2.45, 2.75) is 110 Å². The van der Waals surface area contributed by atoms with Crippen molar-refractivity contribution < 1.29 is 24.2 Å². The third-order valence-corrected chi connectivity index (χ3v) is 4.71. The molecule has 0 aromatic rings. The average Bonchev–Trinajstić information content (AvgIpc) is 2.74. The molecule has 0 bridgehead atoms. The maximum Gasteiger partial charge on any atom is 0.329 e. The molecule has 0 radical (unpaired) electrons. The zero-order valence-electron chi connectivity index (χ0n) is 19.1. The summed E-state index contributed by atoms with van der Waals surface area (Å²) in [6, 6.07) is 0. The molecule has 5 heteroatoms. The van der Waals surface area contributed by atoms with Gasteiger partial charge in [-0.2, -0.15) is 0 Å². The van der Waals surface area contributed by atoms with Crippen LogP contribution in [0, 0.1) is 0 Å². The van der Waals surface area contributed by atoms with E-state index in [1.54, 1.807) is 0 Å². The van der Waals surface area contributed by atoms with Gasteiger partial charge in [0.2, 0.25) is 0 Å². The lowest BCUT2D eigenvalue weighted by molar-refractivity contribution is -0.144. The largest absolute Gasteiger partial charge is 0.466 e. The molecular weight excluding hydrogens is 368 g/mol. The summed E-state index contributed by atoms with van der Waals surface area (Å²) in [7, 11) is 1.31. The molecule has 0 aliphatic carbocycles. The van der Waals surface area contributed by atoms with Crippen LogP contribution < -0.4 is 0 Å². The van der Waals surface area contributed by atoms with Crippen LogP contribution in [0.25, 0.3) is 0 Å². The fraction of sp³-hybridized carbons (Fsp3) is 0.833. The van der Waals surface area contributed by atoms with E-state index in [9.17, 15) is 9.59 Å². The van der Waals surface area contributed by atoms with Gasteiger partial charge >= 0.3 is 11.9 Å². The molecule has 0 unspecified atom stereocenters. The third-order valence-electron chi connectivity index (χ3n) is 4.71. The van der Waals surface area contributed by atoms with Gasteiger partial charge in [-0.3, -0.25) is 4.79 Å². The highest BCUT2D eigenvalue weighted by Crippen LogP contribution is 2.13. The fourth-order valence-electron chi connectivity index (χ4n) is 2.96. The van der Waals surface area contributed by atoms with Gasteiger partial charge in [0.05, 0.1) is 13.7 Å². The van der Waals surface area contributed by atoms with Crippen LogP contribution in [0.5, 0.6) is 0 Å². The number of rotatable bonds is 19. The first-order chi connectivity index (χ1) is 14.1. The molecule has 172 valence electrons. The molecule has 5 nitrogen and oxygen atoms in total. The van der Waals surface area contributed by atoms with E-state index in [0.29, 0.717) is 6.42 Å². The Hall–Kier alpha value is -1.36. The molecule has 0 aliphatic heterocycles. The van der Waals surface area contributed by atoms with Crippen molar-refractivity contribution in [2.24, 2.45) is 0 Å². The van der Waals surface area contributed by atoms with Crippen molar-refractivity contribution in [1.29, 1.82) is 0 Å². The summed E-state index contributed by atoms with van der Waals surface area (Å²) < 4.78 is 8.96. The highest BCUT2D eigenvalue weighted by molar-refractivity contribution is 5.80. The second-order valence-electron chi connectivity index (χ2n) is 7.37. The minimum Gasteiger partial charge on any atom is -0.466 e. The van der Waals surface area contributed by atoms with Crippen LogP contribution in [0.1, 0.15) is 110 Å². The zero-order valence-corrected chi connectivity index (χ0v) is 19.1. The van der Waals surface area contributed by atoms with Gasteiger partial charge in [0.1, 0.15) is 6.61 Å². The normalized spacial score (nSPS) is 10.0. The van der Waals surface area contributed by atoms with Crippen LogP contribution in [0.4, 0.5) is 0 Å². The lowest BCUT2D eigenvalue weighted by atomic mass is 10.0. The number of unbranched alkanes of at least 4 members (excludes halogenated alkanes) is 14. The number of aliphatic hydroxyl groups is 1. The smallest absolute Gasteiger partial charge is 0.329 e. The van der Waals surface area contributed by atoms with E-state index in [1.807, 2.05) is 0 Å². The van der Waals surface area contributed by atoms with Crippen LogP contribution in [0.15, 0.2) is 12.7 Å². The van der Waals surface area contributed by atoms with Gasteiger partial charge in [-0.25, -0.2) is 4.79 Å². The van der Waals surface area contributed by atoms with E-state index in [-0.39, 0.29) is 19.2 Å². The SMILES string of the molecule is C=CC(=O)OC.CCCCCCCCCCCCCCCCCC(=O)OCCO. The first-order valence-electron chi connectivity index (χ1n) is 11.6. The van der Waals surface area contributed by atoms with Gasteiger partial charge in [0.25, 0.3) is 0 Å². The van der Waals surface area contributed by atoms with Crippen molar-refractivity contribution in [3.8, 4) is 0 Å². The summed E-state index contributed by atoms with van der Waals surface area (Å²) in [5.74, 6) is -0.566. The predicted molar refractivity (Wildman–Crippen MR) is 120 cm³/mol. The second kappa shape index (κ2) is 26.6. The van der Waals surface area contributed by atoms with Crippen molar-refractivity contribution >= 4 is 11.9 Å². The summed E-state index contributed by atoms with van der Waals surface area (Å²) in [5.41, 5.74) is 0. The minimum absolute atomic E-state index is 0.0788. The summed E-state index contributed by atoms with van der Waals surface area (Å²) in [5, 5.41) is 8.54. The highest BCUT2D eigenvalue weighted by Gasteiger charge is 2.01. The number of methoxy groups -OCH3 is 1. The van der Waals surface area contributed by atoms with Gasteiger partial charge in [-0.1, -0.05) is 103 Å². The van der Waals surface area contributed by atoms with E-state index >= 15 is 0 Å². The first-order valence-corrected chi connectivity index (χ1v) is 11.6. The first kappa shape index (κ1) is 29.8. The zero-order chi connectivity index (χ0) is 22.0. The van der Waals surface area contributed by atoms with E-state index < -0.39 is 5.97 Å². The second-order valence-corrected chi connectivity index (χ2v) is 7.37. The molecule has 0 saturated heterocycles. The molecule has 0 aromatic heterocycles. The maximum absolute atomic E-state index is 11.2. The lowest BCUT2D eigenvalue weighted by Crippen LogP contribution is -2.07. The molecule has 0 aromatic carbocycles. The Bertz CT molecular complexity index is 368. The monoisotopic (exact) mass is 414 g/mol. The lowest BCUT2D eigenvalue weighted by Gasteiger charge is -2.04. The van der Waals surface area contributed by atoms with Gasteiger partial charge in [0.15, 0.2) is 0 Å². The van der Waals surface area contributed by atoms with Gasteiger partial charge < -0.3 is 14.6 Å². The molecule has 29 heavy (non-hydrogen) atoms. The number of esters is 2. The van der Waals surface area contributed by atoms with Crippen molar-refractivity contribution in [2.75, 3.05) is 20.3 Å². The third kappa shape index (κ3) is 28.9. The molecule has 0 saturated carbocycles. The van der Waals surface area contributed by atoms with E-state index in [4.69, 9.17) is 9.84 Å². The molecule has 0 spiro atoms. The average molecular weight is 415 g/mol. The molecule has 0 amide bonds. The summed E-state index contributed by atoms with van der Waals surface area (Å²) in [4.78, 5) is 21.0. The molecule has 0 atom stereocenters. The molecule has 0 aliphatic rings. The standard InChI is InChI=1S/C20H40O3.C4H6O2/c1-2-3-4-5-6-7-8-9-10-11-12-13-14-15-16-17-20(22)23-19-18-21;1-3-4(5)6-2/h21H,2-19H2,1H3;3H,1H2,2H3. The number of ether oxygens (including phenoxy) is 2. The summed E-state index contributed by atoms with van der Waals surface area (Å²) >= 11 is 0. The topological polar surface area (TPSA) is 72.8 Å². The quantitative estimate of drug-likeness (QED) is 0.156. The Balaban J connectivity index is 0. The van der Waals surface area contributed by atoms with Gasteiger partial charge in [-0.15, -0.1) is 0 Å². The van der Waals surface area contributed by atoms with Crippen LogP contribution in [0.2, 0.25) is 0 Å². The Morgan fingerprint density at radius 3 is 1.52 bits per heavy atom. The summed E-state index contributed by atoms with van der Waals surface area (Å²) in [6.07, 6.45) is 21.6. The maximum atomic E-state index is 11.2. The molecule has 0 rings (SSSR count). The molecule has 0 fully saturated rings. The molecule has 1 N–H and O–H groups in total. The van der Waals surface area contributed by atoms with E-state index in [2.05, 4.69) is 18.2 Å². The highest BCUT2D eigenvalue weighted by atomic mass is 16.5. The van der Waals surface area contributed by atoms with Crippen molar-refractivity contribution in [1.82, 2.24) is 0 Å². The number of hydrogen-bond acceptors (Lipinski definition) is 5. The minimum atomic E-state index is -0.394. The fourth-order valence-corrected chi connectivity index (χ4v) is 2.96. The Kier molecular flexibility index (Phi) is 27.4. The number of hydrogen-bond donors (Lipinski definition) is 1.